The summed E-state index contributed by atoms with van der Waals surface area (Å²) in [5, 5.41) is 3.47. The van der Waals surface area contributed by atoms with Crippen molar-refractivity contribution < 1.29 is 0 Å². The molecule has 0 bridgehead atoms. The summed E-state index contributed by atoms with van der Waals surface area (Å²) in [5.74, 6) is 1.61. The van der Waals surface area contributed by atoms with Crippen molar-refractivity contribution in [3.63, 3.8) is 0 Å². The first-order chi connectivity index (χ1) is 8.07. The van der Waals surface area contributed by atoms with Crippen molar-refractivity contribution in [1.29, 1.82) is 0 Å². The highest BCUT2D eigenvalue weighted by Crippen LogP contribution is 2.29. The zero-order valence-electron chi connectivity index (χ0n) is 12.5. The molecule has 4 unspecified atom stereocenters. The summed E-state index contributed by atoms with van der Waals surface area (Å²) in [6.45, 7) is 11.6. The molecule has 1 rings (SSSR count). The lowest BCUT2D eigenvalue weighted by atomic mass is 9.83. The topological polar surface area (TPSA) is 15.3 Å². The van der Waals surface area contributed by atoms with Crippen molar-refractivity contribution >= 4 is 0 Å². The normalized spacial score (nSPS) is 29.3. The second kappa shape index (κ2) is 7.38. The van der Waals surface area contributed by atoms with Crippen LogP contribution < -0.4 is 5.32 Å². The molecule has 0 aromatic heterocycles. The molecule has 4 atom stereocenters. The van der Waals surface area contributed by atoms with Gasteiger partial charge >= 0.3 is 0 Å². The molecule has 1 aliphatic carbocycles. The number of hydrogen-bond donors (Lipinski definition) is 1. The highest BCUT2D eigenvalue weighted by molar-refractivity contribution is 4.84. The van der Waals surface area contributed by atoms with E-state index in [1.54, 1.807) is 0 Å². The summed E-state index contributed by atoms with van der Waals surface area (Å²) in [4.78, 5) is 2.64. The molecule has 1 N–H and O–H groups in total. The van der Waals surface area contributed by atoms with Crippen LogP contribution >= 0.6 is 0 Å². The number of nitrogens with zero attached hydrogens (tertiary/aromatic N) is 1. The minimum Gasteiger partial charge on any atom is -0.317 e. The van der Waals surface area contributed by atoms with Gasteiger partial charge in [-0.1, -0.05) is 33.6 Å². The average Bonchev–Trinajstić information content (AvgIpc) is 2.34. The van der Waals surface area contributed by atoms with Crippen LogP contribution in [-0.4, -0.2) is 37.1 Å². The third-order valence-electron chi connectivity index (χ3n) is 4.77. The molecule has 102 valence electrons. The maximum atomic E-state index is 3.47. The van der Waals surface area contributed by atoms with Gasteiger partial charge in [0.2, 0.25) is 0 Å². The van der Waals surface area contributed by atoms with E-state index in [2.05, 4.69) is 45.0 Å². The van der Waals surface area contributed by atoms with Crippen molar-refractivity contribution in [1.82, 2.24) is 10.2 Å². The fraction of sp³-hybridized carbons (Fsp3) is 1.00. The van der Waals surface area contributed by atoms with Crippen LogP contribution in [0.4, 0.5) is 0 Å². The van der Waals surface area contributed by atoms with E-state index >= 15 is 0 Å². The Morgan fingerprint density at radius 2 is 1.88 bits per heavy atom. The third kappa shape index (κ3) is 4.26. The molecule has 0 spiro atoms. The Morgan fingerprint density at radius 1 is 1.24 bits per heavy atom. The van der Waals surface area contributed by atoms with Crippen LogP contribution in [0.5, 0.6) is 0 Å². The van der Waals surface area contributed by atoms with Crippen molar-refractivity contribution in [3.05, 3.63) is 0 Å². The largest absolute Gasteiger partial charge is 0.317 e. The molecule has 0 amide bonds. The maximum absolute atomic E-state index is 3.47. The molecule has 1 saturated carbocycles. The number of hydrogen-bond acceptors (Lipinski definition) is 2. The molecule has 1 fully saturated rings. The van der Waals surface area contributed by atoms with Gasteiger partial charge in [0.1, 0.15) is 0 Å². The van der Waals surface area contributed by atoms with Gasteiger partial charge in [-0.3, -0.25) is 0 Å². The molecule has 0 heterocycles. The first-order valence-electron chi connectivity index (χ1n) is 7.50. The second-order valence-corrected chi connectivity index (χ2v) is 6.02. The molecule has 0 radical (unpaired) electrons. The van der Waals surface area contributed by atoms with Crippen molar-refractivity contribution in [2.45, 2.75) is 65.5 Å². The molecule has 0 aromatic carbocycles. The lowest BCUT2D eigenvalue weighted by molar-refractivity contribution is 0.0791. The van der Waals surface area contributed by atoms with Gasteiger partial charge in [0, 0.05) is 12.1 Å². The van der Waals surface area contributed by atoms with E-state index in [4.69, 9.17) is 0 Å². The lowest BCUT2D eigenvalue weighted by Crippen LogP contribution is -2.47. The maximum Gasteiger partial charge on any atom is 0.0121 e. The Balaban J connectivity index is 2.46. The zero-order valence-corrected chi connectivity index (χ0v) is 12.5. The zero-order chi connectivity index (χ0) is 12.8. The molecular weight excluding hydrogens is 208 g/mol. The van der Waals surface area contributed by atoms with E-state index < -0.39 is 0 Å². The Hall–Kier alpha value is -0.0800. The first-order valence-corrected chi connectivity index (χ1v) is 7.50. The Kier molecular flexibility index (Phi) is 6.50. The van der Waals surface area contributed by atoms with Gasteiger partial charge in [-0.2, -0.15) is 0 Å². The van der Waals surface area contributed by atoms with Crippen LogP contribution in [0.25, 0.3) is 0 Å². The van der Waals surface area contributed by atoms with Crippen molar-refractivity contribution in [2.24, 2.45) is 11.8 Å². The summed E-state index contributed by atoms with van der Waals surface area (Å²) < 4.78 is 0. The minimum atomic E-state index is 0.680. The van der Waals surface area contributed by atoms with Gasteiger partial charge in [-0.05, 0) is 51.7 Å². The quantitative estimate of drug-likeness (QED) is 0.767. The monoisotopic (exact) mass is 240 g/mol. The van der Waals surface area contributed by atoms with Gasteiger partial charge in [-0.25, -0.2) is 0 Å². The van der Waals surface area contributed by atoms with Crippen LogP contribution in [-0.2, 0) is 0 Å². The minimum absolute atomic E-state index is 0.680. The lowest BCUT2D eigenvalue weighted by Gasteiger charge is -2.41. The van der Waals surface area contributed by atoms with E-state index in [1.807, 2.05) is 0 Å². The van der Waals surface area contributed by atoms with E-state index in [9.17, 15) is 0 Å². The van der Waals surface area contributed by atoms with E-state index in [1.165, 1.54) is 25.7 Å². The Bertz CT molecular complexity index is 205. The predicted molar refractivity (Wildman–Crippen MR) is 76.4 cm³/mol. The van der Waals surface area contributed by atoms with Gasteiger partial charge in [0.25, 0.3) is 0 Å². The molecule has 17 heavy (non-hydrogen) atoms. The molecule has 0 aromatic rings. The Morgan fingerprint density at radius 3 is 2.47 bits per heavy atom. The summed E-state index contributed by atoms with van der Waals surface area (Å²) >= 11 is 0. The third-order valence-corrected chi connectivity index (χ3v) is 4.77. The fourth-order valence-corrected chi connectivity index (χ4v) is 3.15. The smallest absolute Gasteiger partial charge is 0.0121 e. The first kappa shape index (κ1) is 15.0. The molecule has 0 saturated heterocycles. The SMILES string of the molecule is CCNCC(C)C(C)N(C)C1CCCCC1C. The number of rotatable bonds is 6. The van der Waals surface area contributed by atoms with E-state index in [0.29, 0.717) is 6.04 Å². The summed E-state index contributed by atoms with van der Waals surface area (Å²) in [6, 6.07) is 1.49. The van der Waals surface area contributed by atoms with Crippen LogP contribution in [0, 0.1) is 11.8 Å². The van der Waals surface area contributed by atoms with Crippen LogP contribution in [0.2, 0.25) is 0 Å². The summed E-state index contributed by atoms with van der Waals surface area (Å²) in [6.07, 6.45) is 5.68. The standard InChI is InChI=1S/C15H32N2/c1-6-16-11-13(3)14(4)17(5)15-10-8-7-9-12(15)2/h12-16H,6-11H2,1-5H3. The van der Waals surface area contributed by atoms with Gasteiger partial charge in [0.05, 0.1) is 0 Å². The fourth-order valence-electron chi connectivity index (χ4n) is 3.15. The average molecular weight is 240 g/mol. The van der Waals surface area contributed by atoms with Gasteiger partial charge in [-0.15, -0.1) is 0 Å². The summed E-state index contributed by atoms with van der Waals surface area (Å²) in [7, 11) is 2.33. The van der Waals surface area contributed by atoms with E-state index in [0.717, 1.165) is 31.0 Å². The van der Waals surface area contributed by atoms with Gasteiger partial charge < -0.3 is 10.2 Å². The predicted octanol–water partition coefficient (Wildman–Crippen LogP) is 3.13. The molecule has 2 nitrogen and oxygen atoms in total. The molecular formula is C15H32N2. The van der Waals surface area contributed by atoms with Crippen molar-refractivity contribution in [3.8, 4) is 0 Å². The molecule has 2 heteroatoms. The van der Waals surface area contributed by atoms with E-state index in [-0.39, 0.29) is 0 Å². The van der Waals surface area contributed by atoms with Crippen LogP contribution in [0.15, 0.2) is 0 Å². The van der Waals surface area contributed by atoms with Crippen molar-refractivity contribution in [2.75, 3.05) is 20.1 Å². The summed E-state index contributed by atoms with van der Waals surface area (Å²) in [5.41, 5.74) is 0. The highest BCUT2D eigenvalue weighted by atomic mass is 15.2. The molecule has 0 aliphatic heterocycles. The Labute approximate surface area is 108 Å². The highest BCUT2D eigenvalue weighted by Gasteiger charge is 2.29. The van der Waals surface area contributed by atoms with Crippen LogP contribution in [0.3, 0.4) is 0 Å². The van der Waals surface area contributed by atoms with Gasteiger partial charge in [0.15, 0.2) is 0 Å². The number of nitrogens with one attached hydrogen (secondary N) is 1. The molecule has 1 aliphatic rings. The van der Waals surface area contributed by atoms with Crippen LogP contribution in [0.1, 0.15) is 53.4 Å². The second-order valence-electron chi connectivity index (χ2n) is 6.02.